The molecule has 2 aromatic heterocycles. The van der Waals surface area contributed by atoms with Gasteiger partial charge in [0, 0.05) is 6.20 Å². The highest BCUT2D eigenvalue weighted by Gasteiger charge is 2.17. The number of carbonyl (C=O) groups excluding carboxylic acids is 1. The predicted octanol–water partition coefficient (Wildman–Crippen LogP) is 1.92. The maximum Gasteiger partial charge on any atom is 0.246 e. The molecule has 0 fully saturated rings. The van der Waals surface area contributed by atoms with Gasteiger partial charge in [-0.3, -0.25) is 4.79 Å². The van der Waals surface area contributed by atoms with Crippen molar-refractivity contribution in [1.29, 1.82) is 0 Å². The highest BCUT2D eigenvalue weighted by atomic mass is 16.4. The quantitative estimate of drug-likeness (QED) is 0.725. The van der Waals surface area contributed by atoms with Crippen molar-refractivity contribution in [2.24, 2.45) is 0 Å². The van der Waals surface area contributed by atoms with E-state index in [0.717, 1.165) is 0 Å². The van der Waals surface area contributed by atoms with Gasteiger partial charge in [0.2, 0.25) is 11.6 Å². The number of pyridine rings is 1. The number of fused-ring (bicyclic) bond motifs is 1. The highest BCUT2D eigenvalue weighted by molar-refractivity contribution is 5.82. The minimum Gasteiger partial charge on any atom is -0.422 e. The van der Waals surface area contributed by atoms with Gasteiger partial charge in [-0.25, -0.2) is 9.97 Å². The maximum atomic E-state index is 11.1. The van der Waals surface area contributed by atoms with E-state index in [0.29, 0.717) is 17.1 Å². The van der Waals surface area contributed by atoms with Crippen LogP contribution in [0.25, 0.3) is 11.2 Å². The SMILES string of the molecule is CC(=O)C(C)c1nc2cccnc2o1. The van der Waals surface area contributed by atoms with Crippen molar-refractivity contribution in [1.82, 2.24) is 9.97 Å². The third kappa shape index (κ3) is 1.39. The fourth-order valence-electron chi connectivity index (χ4n) is 1.15. The number of hydrogen-bond acceptors (Lipinski definition) is 4. The molecule has 0 aliphatic rings. The first-order valence-corrected chi connectivity index (χ1v) is 4.40. The van der Waals surface area contributed by atoms with Crippen LogP contribution >= 0.6 is 0 Å². The summed E-state index contributed by atoms with van der Waals surface area (Å²) in [6, 6.07) is 3.59. The first-order valence-electron chi connectivity index (χ1n) is 4.40. The van der Waals surface area contributed by atoms with Gasteiger partial charge in [-0.1, -0.05) is 0 Å². The molecule has 2 heterocycles. The van der Waals surface area contributed by atoms with Crippen LogP contribution in [0.1, 0.15) is 25.7 Å². The molecule has 1 atom stereocenters. The molecule has 0 saturated carbocycles. The summed E-state index contributed by atoms with van der Waals surface area (Å²) in [6.45, 7) is 3.29. The Bertz CT molecular complexity index is 443. The molecule has 0 aliphatic heterocycles. The summed E-state index contributed by atoms with van der Waals surface area (Å²) in [5.74, 6) is 0.173. The van der Waals surface area contributed by atoms with Crippen LogP contribution in [-0.2, 0) is 4.79 Å². The molecule has 2 rings (SSSR count). The van der Waals surface area contributed by atoms with E-state index in [9.17, 15) is 4.79 Å². The first-order chi connectivity index (χ1) is 6.68. The minimum absolute atomic E-state index is 0.0385. The van der Waals surface area contributed by atoms with Crippen LogP contribution in [0.5, 0.6) is 0 Å². The molecule has 0 saturated heterocycles. The molecule has 2 aromatic rings. The van der Waals surface area contributed by atoms with Gasteiger partial charge >= 0.3 is 0 Å². The second-order valence-corrected chi connectivity index (χ2v) is 3.21. The maximum absolute atomic E-state index is 11.1. The molecule has 0 bridgehead atoms. The van der Waals surface area contributed by atoms with E-state index < -0.39 is 0 Å². The number of rotatable bonds is 2. The Labute approximate surface area is 81.0 Å². The van der Waals surface area contributed by atoms with E-state index >= 15 is 0 Å². The monoisotopic (exact) mass is 190 g/mol. The summed E-state index contributed by atoms with van der Waals surface area (Å²) in [5.41, 5.74) is 1.17. The average molecular weight is 190 g/mol. The summed E-state index contributed by atoms with van der Waals surface area (Å²) < 4.78 is 5.35. The van der Waals surface area contributed by atoms with Crippen molar-refractivity contribution < 1.29 is 9.21 Å². The van der Waals surface area contributed by atoms with E-state index in [4.69, 9.17) is 4.42 Å². The Morgan fingerprint density at radius 2 is 2.36 bits per heavy atom. The van der Waals surface area contributed by atoms with Crippen LogP contribution in [0.2, 0.25) is 0 Å². The Hall–Kier alpha value is -1.71. The van der Waals surface area contributed by atoms with Crippen molar-refractivity contribution in [3.05, 3.63) is 24.2 Å². The van der Waals surface area contributed by atoms with Crippen molar-refractivity contribution >= 4 is 17.0 Å². The Morgan fingerprint density at radius 1 is 1.57 bits per heavy atom. The third-order valence-electron chi connectivity index (χ3n) is 2.16. The molecule has 0 radical (unpaired) electrons. The van der Waals surface area contributed by atoms with Gasteiger partial charge in [-0.2, -0.15) is 0 Å². The van der Waals surface area contributed by atoms with Crippen molar-refractivity contribution in [3.8, 4) is 0 Å². The van der Waals surface area contributed by atoms with E-state index in [1.807, 2.05) is 6.07 Å². The Balaban J connectivity index is 2.50. The van der Waals surface area contributed by atoms with Gasteiger partial charge in [0.25, 0.3) is 0 Å². The minimum atomic E-state index is -0.302. The van der Waals surface area contributed by atoms with E-state index in [1.165, 1.54) is 6.92 Å². The number of aromatic nitrogens is 2. The summed E-state index contributed by atoms with van der Waals surface area (Å²) in [5, 5.41) is 0. The van der Waals surface area contributed by atoms with Crippen molar-refractivity contribution in [2.45, 2.75) is 19.8 Å². The number of carbonyl (C=O) groups is 1. The topological polar surface area (TPSA) is 56.0 Å². The summed E-state index contributed by atoms with van der Waals surface area (Å²) in [7, 11) is 0. The number of ketones is 1. The fourth-order valence-corrected chi connectivity index (χ4v) is 1.15. The molecule has 0 spiro atoms. The number of oxazole rings is 1. The van der Waals surface area contributed by atoms with Gasteiger partial charge in [-0.15, -0.1) is 0 Å². The van der Waals surface area contributed by atoms with Crippen LogP contribution in [0.15, 0.2) is 22.7 Å². The van der Waals surface area contributed by atoms with Gasteiger partial charge < -0.3 is 4.42 Å². The van der Waals surface area contributed by atoms with Crippen LogP contribution in [-0.4, -0.2) is 15.8 Å². The molecular formula is C10H10N2O2. The van der Waals surface area contributed by atoms with Crippen molar-refractivity contribution in [2.75, 3.05) is 0 Å². The second-order valence-electron chi connectivity index (χ2n) is 3.21. The molecule has 0 N–H and O–H groups in total. The Morgan fingerprint density at radius 3 is 3.00 bits per heavy atom. The average Bonchev–Trinajstić information content (AvgIpc) is 2.59. The van der Waals surface area contributed by atoms with E-state index in [1.54, 1.807) is 19.2 Å². The lowest BCUT2D eigenvalue weighted by Gasteiger charge is -1.98. The van der Waals surface area contributed by atoms with Crippen LogP contribution in [0.3, 0.4) is 0 Å². The highest BCUT2D eigenvalue weighted by Crippen LogP contribution is 2.19. The van der Waals surface area contributed by atoms with Crippen LogP contribution in [0.4, 0.5) is 0 Å². The zero-order valence-corrected chi connectivity index (χ0v) is 8.02. The lowest BCUT2D eigenvalue weighted by molar-refractivity contribution is -0.118. The predicted molar refractivity (Wildman–Crippen MR) is 50.9 cm³/mol. The lowest BCUT2D eigenvalue weighted by atomic mass is 10.1. The van der Waals surface area contributed by atoms with Gasteiger partial charge in [-0.05, 0) is 26.0 Å². The van der Waals surface area contributed by atoms with Gasteiger partial charge in [0.05, 0.1) is 5.92 Å². The Kier molecular flexibility index (Phi) is 2.04. The fraction of sp³-hybridized carbons (Fsp3) is 0.300. The molecule has 4 nitrogen and oxygen atoms in total. The molecule has 14 heavy (non-hydrogen) atoms. The molecule has 0 aliphatic carbocycles. The molecule has 0 aromatic carbocycles. The van der Waals surface area contributed by atoms with Crippen molar-refractivity contribution in [3.63, 3.8) is 0 Å². The number of nitrogens with zero attached hydrogens (tertiary/aromatic N) is 2. The second kappa shape index (κ2) is 3.21. The zero-order chi connectivity index (χ0) is 10.1. The summed E-state index contributed by atoms with van der Waals surface area (Å²) in [6.07, 6.45) is 1.63. The summed E-state index contributed by atoms with van der Waals surface area (Å²) >= 11 is 0. The lowest BCUT2D eigenvalue weighted by Crippen LogP contribution is -2.03. The number of hydrogen-bond donors (Lipinski definition) is 0. The van der Waals surface area contributed by atoms with Gasteiger partial charge in [0.1, 0.15) is 11.3 Å². The van der Waals surface area contributed by atoms with E-state index in [-0.39, 0.29) is 11.7 Å². The molecule has 0 amide bonds. The van der Waals surface area contributed by atoms with Crippen LogP contribution in [0, 0.1) is 0 Å². The standard InChI is InChI=1S/C10H10N2O2/c1-6(7(2)13)9-12-8-4-3-5-11-10(8)14-9/h3-6H,1-2H3. The third-order valence-corrected chi connectivity index (χ3v) is 2.16. The smallest absolute Gasteiger partial charge is 0.246 e. The van der Waals surface area contributed by atoms with Gasteiger partial charge in [0.15, 0.2) is 0 Å². The first kappa shape index (κ1) is 8.87. The molecule has 72 valence electrons. The van der Waals surface area contributed by atoms with Crippen LogP contribution < -0.4 is 0 Å². The van der Waals surface area contributed by atoms with E-state index in [2.05, 4.69) is 9.97 Å². The molecule has 4 heteroatoms. The summed E-state index contributed by atoms with van der Waals surface area (Å²) in [4.78, 5) is 19.3. The zero-order valence-electron chi connectivity index (χ0n) is 8.02. The molecule has 1 unspecified atom stereocenters. The largest absolute Gasteiger partial charge is 0.422 e. The normalized spacial score (nSPS) is 13.0. The number of Topliss-reactive ketones (excluding diaryl/α,β-unsaturated/α-hetero) is 1. The molecular weight excluding hydrogens is 180 g/mol.